The van der Waals surface area contributed by atoms with E-state index in [9.17, 15) is 9.90 Å². The smallest absolute Gasteiger partial charge is 0.335 e. The maximum atomic E-state index is 11.2. The Morgan fingerprint density at radius 1 is 1.11 bits per heavy atom. The van der Waals surface area contributed by atoms with Crippen LogP contribution in [0.1, 0.15) is 15.9 Å². The van der Waals surface area contributed by atoms with Crippen LogP contribution in [0.15, 0.2) is 87.3 Å². The molecule has 0 saturated carbocycles. The predicted molar refractivity (Wildman–Crippen MR) is 111 cm³/mol. The minimum atomic E-state index is -0.969. The molecule has 0 radical (unpaired) electrons. The number of benzene rings is 2. The van der Waals surface area contributed by atoms with Crippen molar-refractivity contribution in [2.75, 3.05) is 5.32 Å². The molecule has 2 aromatic carbocycles. The van der Waals surface area contributed by atoms with Crippen LogP contribution in [0, 0.1) is 5.92 Å². The minimum absolute atomic E-state index is 0.0441. The molecule has 6 heteroatoms. The second-order valence-electron chi connectivity index (χ2n) is 6.25. The fourth-order valence-electron chi connectivity index (χ4n) is 3.14. The maximum absolute atomic E-state index is 11.2. The Morgan fingerprint density at radius 2 is 1.93 bits per heavy atom. The summed E-state index contributed by atoms with van der Waals surface area (Å²) in [6, 6.07) is 16.6. The number of carboxylic acids is 1. The van der Waals surface area contributed by atoms with Crippen LogP contribution in [0.5, 0.6) is 0 Å². The summed E-state index contributed by atoms with van der Waals surface area (Å²) in [5.74, 6) is -0.459. The van der Waals surface area contributed by atoms with Crippen molar-refractivity contribution >= 4 is 39.3 Å². The summed E-state index contributed by atoms with van der Waals surface area (Å²) in [4.78, 5) is 20.6. The van der Waals surface area contributed by atoms with E-state index in [0.717, 1.165) is 15.8 Å². The number of nitrogens with one attached hydrogen (secondary N) is 1. The van der Waals surface area contributed by atoms with Crippen LogP contribution in [-0.2, 0) is 0 Å². The van der Waals surface area contributed by atoms with E-state index >= 15 is 0 Å². The van der Waals surface area contributed by atoms with Gasteiger partial charge in [0.25, 0.3) is 0 Å². The van der Waals surface area contributed by atoms with Crippen LogP contribution in [0.2, 0.25) is 0 Å². The lowest BCUT2D eigenvalue weighted by Gasteiger charge is -2.28. The highest BCUT2D eigenvalue weighted by molar-refractivity contribution is 9.11. The van der Waals surface area contributed by atoms with Crippen LogP contribution < -0.4 is 5.32 Å². The first kappa shape index (κ1) is 17.4. The third kappa shape index (κ3) is 3.75. The number of rotatable bonds is 3. The van der Waals surface area contributed by atoms with Gasteiger partial charge in [-0.05, 0) is 23.8 Å². The number of halogens is 1. The molecule has 5 nitrogen and oxygen atoms in total. The van der Waals surface area contributed by atoms with E-state index in [1.165, 1.54) is 0 Å². The fraction of sp³-hybridized carbons (Fsp3) is 0.0952. The summed E-state index contributed by atoms with van der Waals surface area (Å²) in [5.41, 5.74) is 2.81. The summed E-state index contributed by atoms with van der Waals surface area (Å²) < 4.78 is 1.01. The number of hydrogen-bond donors (Lipinski definition) is 2. The molecule has 0 fully saturated rings. The van der Waals surface area contributed by atoms with Gasteiger partial charge in [0.2, 0.25) is 5.96 Å². The molecule has 2 aliphatic rings. The van der Waals surface area contributed by atoms with Crippen molar-refractivity contribution in [3.63, 3.8) is 0 Å². The molecular weight excluding hydrogens is 406 g/mol. The Labute approximate surface area is 165 Å². The number of nitrogens with zero attached hydrogens (tertiary/aromatic N) is 2. The summed E-state index contributed by atoms with van der Waals surface area (Å²) in [6.45, 7) is 0. The molecule has 4 rings (SSSR count). The monoisotopic (exact) mass is 421 g/mol. The van der Waals surface area contributed by atoms with Crippen molar-refractivity contribution in [1.29, 1.82) is 0 Å². The molecule has 134 valence electrons. The number of carbonyl (C=O) groups is 1. The maximum Gasteiger partial charge on any atom is 0.335 e. The van der Waals surface area contributed by atoms with Crippen LogP contribution in [0.3, 0.4) is 0 Å². The van der Waals surface area contributed by atoms with E-state index in [2.05, 4.69) is 27.3 Å². The molecule has 0 aromatic heterocycles. The average molecular weight is 422 g/mol. The lowest BCUT2D eigenvalue weighted by Crippen LogP contribution is -2.34. The van der Waals surface area contributed by atoms with Crippen LogP contribution in [-0.4, -0.2) is 28.8 Å². The highest BCUT2D eigenvalue weighted by atomic mass is 79.9. The van der Waals surface area contributed by atoms with E-state index in [-0.39, 0.29) is 17.5 Å². The van der Waals surface area contributed by atoms with Gasteiger partial charge in [-0.25, -0.2) is 14.8 Å². The number of carboxylic acid groups (broad SMARTS) is 1. The quantitative estimate of drug-likeness (QED) is 0.766. The first-order valence-electron chi connectivity index (χ1n) is 8.48. The first-order chi connectivity index (χ1) is 13.1. The van der Waals surface area contributed by atoms with E-state index in [1.54, 1.807) is 24.3 Å². The zero-order valence-electron chi connectivity index (χ0n) is 14.2. The Morgan fingerprint density at radius 3 is 2.70 bits per heavy atom. The van der Waals surface area contributed by atoms with Gasteiger partial charge in [0.05, 0.1) is 17.3 Å². The highest BCUT2D eigenvalue weighted by Crippen LogP contribution is 2.30. The van der Waals surface area contributed by atoms with Crippen molar-refractivity contribution in [2.24, 2.45) is 15.9 Å². The molecule has 0 amide bonds. The fourth-order valence-corrected chi connectivity index (χ4v) is 3.58. The third-order valence-electron chi connectivity index (χ3n) is 4.41. The van der Waals surface area contributed by atoms with Gasteiger partial charge in [-0.15, -0.1) is 0 Å². The molecule has 2 N–H and O–H groups in total. The standard InChI is InChI=1S/C21H16BrN3O2/c22-15-9-10-18-17(12-15)19(13-5-2-1-3-6-13)25-21(24-18)23-16-8-4-7-14(11-16)20(26)27/h1-12,17-18H,(H,23,24)(H,26,27). The summed E-state index contributed by atoms with van der Waals surface area (Å²) in [6.07, 6.45) is 6.14. The number of fused-ring (bicyclic) bond motifs is 1. The number of anilines is 1. The number of guanidine groups is 1. The molecule has 2 aromatic rings. The number of allylic oxidation sites excluding steroid dienone is 2. The Bertz CT molecular complexity index is 1010. The summed E-state index contributed by atoms with van der Waals surface area (Å²) >= 11 is 3.54. The number of hydrogen-bond acceptors (Lipinski definition) is 4. The summed E-state index contributed by atoms with van der Waals surface area (Å²) in [5, 5.41) is 12.3. The van der Waals surface area contributed by atoms with Crippen molar-refractivity contribution in [3.05, 3.63) is 88.4 Å². The van der Waals surface area contributed by atoms with E-state index in [0.29, 0.717) is 11.6 Å². The van der Waals surface area contributed by atoms with E-state index in [1.807, 2.05) is 42.5 Å². The minimum Gasteiger partial charge on any atom is -0.478 e. The van der Waals surface area contributed by atoms with Gasteiger partial charge in [0, 0.05) is 16.1 Å². The van der Waals surface area contributed by atoms with Crippen molar-refractivity contribution in [1.82, 2.24) is 0 Å². The number of aromatic carboxylic acids is 1. The molecule has 2 atom stereocenters. The summed E-state index contributed by atoms with van der Waals surface area (Å²) in [7, 11) is 0. The van der Waals surface area contributed by atoms with Crippen LogP contribution in [0.25, 0.3) is 0 Å². The Hall–Kier alpha value is -2.99. The second-order valence-corrected chi connectivity index (χ2v) is 7.17. The predicted octanol–water partition coefficient (Wildman–Crippen LogP) is 4.49. The largest absolute Gasteiger partial charge is 0.478 e. The van der Waals surface area contributed by atoms with Crippen molar-refractivity contribution in [2.45, 2.75) is 6.04 Å². The van der Waals surface area contributed by atoms with Gasteiger partial charge in [0.1, 0.15) is 0 Å². The molecule has 27 heavy (non-hydrogen) atoms. The van der Waals surface area contributed by atoms with Gasteiger partial charge in [0.15, 0.2) is 0 Å². The molecular formula is C21H16BrN3O2. The normalized spacial score (nSPS) is 20.9. The van der Waals surface area contributed by atoms with Crippen molar-refractivity contribution in [3.8, 4) is 0 Å². The van der Waals surface area contributed by atoms with E-state index in [4.69, 9.17) is 9.98 Å². The molecule has 0 spiro atoms. The van der Waals surface area contributed by atoms with Gasteiger partial charge >= 0.3 is 5.97 Å². The number of aliphatic imine (C=N–C) groups is 2. The van der Waals surface area contributed by atoms with Crippen LogP contribution >= 0.6 is 15.9 Å². The SMILES string of the molecule is O=C(O)c1cccc(NC2=NC3C=CC(Br)=CC3C(c3ccccc3)=N2)c1. The van der Waals surface area contributed by atoms with Crippen molar-refractivity contribution < 1.29 is 9.90 Å². The van der Waals surface area contributed by atoms with Gasteiger partial charge < -0.3 is 10.4 Å². The lowest BCUT2D eigenvalue weighted by atomic mass is 9.86. The Balaban J connectivity index is 1.71. The molecule has 1 aliphatic heterocycles. The molecule has 1 aliphatic carbocycles. The van der Waals surface area contributed by atoms with Gasteiger partial charge in [-0.2, -0.15) is 0 Å². The molecule has 0 bridgehead atoms. The van der Waals surface area contributed by atoms with E-state index < -0.39 is 5.97 Å². The zero-order valence-corrected chi connectivity index (χ0v) is 15.8. The van der Waals surface area contributed by atoms with Gasteiger partial charge in [-0.1, -0.05) is 70.6 Å². The highest BCUT2D eigenvalue weighted by Gasteiger charge is 2.30. The zero-order chi connectivity index (χ0) is 18.8. The lowest BCUT2D eigenvalue weighted by molar-refractivity contribution is 0.0697. The molecule has 1 heterocycles. The van der Waals surface area contributed by atoms with Gasteiger partial charge in [-0.3, -0.25) is 0 Å². The first-order valence-corrected chi connectivity index (χ1v) is 9.27. The topological polar surface area (TPSA) is 74.0 Å². The third-order valence-corrected chi connectivity index (χ3v) is 4.94. The average Bonchev–Trinajstić information content (AvgIpc) is 2.68. The van der Waals surface area contributed by atoms with Crippen LogP contribution in [0.4, 0.5) is 5.69 Å². The Kier molecular flexibility index (Phi) is 4.73. The molecule has 2 unspecified atom stereocenters. The second kappa shape index (κ2) is 7.32. The molecule has 0 saturated heterocycles.